The first-order chi connectivity index (χ1) is 8.60. The topological polar surface area (TPSA) is 71.2 Å². The van der Waals surface area contributed by atoms with Gasteiger partial charge in [0.1, 0.15) is 5.82 Å². The molecule has 0 fully saturated rings. The molecule has 18 heavy (non-hydrogen) atoms. The molecule has 1 amide bonds. The zero-order valence-electron chi connectivity index (χ0n) is 11.4. The predicted molar refractivity (Wildman–Crippen MR) is 73.4 cm³/mol. The van der Waals surface area contributed by atoms with Gasteiger partial charge in [-0.3, -0.25) is 4.79 Å². The minimum atomic E-state index is 0.0111. The number of amides is 1. The molecule has 0 saturated carbocycles. The molecule has 1 rings (SSSR count). The van der Waals surface area contributed by atoms with E-state index in [2.05, 4.69) is 10.3 Å². The normalized spacial score (nSPS) is 10.2. The van der Waals surface area contributed by atoms with E-state index in [-0.39, 0.29) is 5.91 Å². The van der Waals surface area contributed by atoms with Crippen molar-refractivity contribution in [3.05, 3.63) is 23.4 Å². The Morgan fingerprint density at radius 1 is 1.44 bits per heavy atom. The number of aromatic nitrogens is 1. The van der Waals surface area contributed by atoms with Crippen molar-refractivity contribution in [2.75, 3.05) is 24.5 Å². The molecule has 1 aromatic rings. The number of rotatable bonds is 6. The molecular formula is C13H22N4O. The van der Waals surface area contributed by atoms with Crippen LogP contribution in [0.5, 0.6) is 0 Å². The smallest absolute Gasteiger partial charge is 0.239 e. The lowest BCUT2D eigenvalue weighted by Gasteiger charge is -2.22. The average Bonchev–Trinajstić information content (AvgIpc) is 2.35. The first-order valence-corrected chi connectivity index (χ1v) is 6.30. The Morgan fingerprint density at radius 3 is 2.72 bits per heavy atom. The van der Waals surface area contributed by atoms with Crippen molar-refractivity contribution >= 4 is 11.7 Å². The predicted octanol–water partition coefficient (Wildman–Crippen LogP) is 0.811. The van der Waals surface area contributed by atoms with Crippen LogP contribution in [0.15, 0.2) is 12.1 Å². The molecule has 0 aromatic carbocycles. The van der Waals surface area contributed by atoms with Gasteiger partial charge < -0.3 is 16.0 Å². The van der Waals surface area contributed by atoms with E-state index in [0.29, 0.717) is 19.6 Å². The maximum absolute atomic E-state index is 11.6. The first-order valence-electron chi connectivity index (χ1n) is 6.30. The maximum Gasteiger partial charge on any atom is 0.239 e. The van der Waals surface area contributed by atoms with Gasteiger partial charge in [-0.2, -0.15) is 0 Å². The fourth-order valence-electron chi connectivity index (χ4n) is 1.78. The summed E-state index contributed by atoms with van der Waals surface area (Å²) in [7, 11) is 0. The number of hydrogen-bond donors (Lipinski definition) is 2. The molecule has 5 heteroatoms. The highest BCUT2D eigenvalue weighted by Gasteiger charge is 2.11. The maximum atomic E-state index is 11.6. The van der Waals surface area contributed by atoms with E-state index in [9.17, 15) is 4.79 Å². The van der Waals surface area contributed by atoms with Crippen LogP contribution in [-0.4, -0.2) is 30.5 Å². The van der Waals surface area contributed by atoms with Crippen LogP contribution >= 0.6 is 0 Å². The standard InChI is InChI=1S/C13H22N4O/c1-4-15-13(18)9-17(5-2)12-7-11(8-14)6-10(3)16-12/h6-7H,4-5,8-9,14H2,1-3H3,(H,15,18). The van der Waals surface area contributed by atoms with Crippen molar-refractivity contribution in [2.45, 2.75) is 27.3 Å². The lowest BCUT2D eigenvalue weighted by molar-refractivity contribution is -0.119. The lowest BCUT2D eigenvalue weighted by atomic mass is 10.2. The van der Waals surface area contributed by atoms with Gasteiger partial charge >= 0.3 is 0 Å². The Balaban J connectivity index is 2.87. The Labute approximate surface area is 108 Å². The molecule has 0 spiro atoms. The third-order valence-electron chi connectivity index (χ3n) is 2.65. The summed E-state index contributed by atoms with van der Waals surface area (Å²) in [5, 5.41) is 2.79. The van der Waals surface area contributed by atoms with E-state index in [1.54, 1.807) is 0 Å². The molecule has 1 heterocycles. The summed E-state index contributed by atoms with van der Waals surface area (Å²) in [4.78, 5) is 18.0. The zero-order chi connectivity index (χ0) is 13.5. The fourth-order valence-corrected chi connectivity index (χ4v) is 1.78. The molecule has 0 saturated heterocycles. The van der Waals surface area contributed by atoms with Gasteiger partial charge in [0.25, 0.3) is 0 Å². The second kappa shape index (κ2) is 6.96. The zero-order valence-corrected chi connectivity index (χ0v) is 11.4. The quantitative estimate of drug-likeness (QED) is 0.784. The van der Waals surface area contributed by atoms with Crippen molar-refractivity contribution in [3.8, 4) is 0 Å². The Kier molecular flexibility index (Phi) is 5.58. The second-order valence-corrected chi connectivity index (χ2v) is 4.15. The van der Waals surface area contributed by atoms with Gasteiger partial charge in [0.05, 0.1) is 6.54 Å². The van der Waals surface area contributed by atoms with Crippen LogP contribution in [0.1, 0.15) is 25.1 Å². The van der Waals surface area contributed by atoms with Crippen LogP contribution < -0.4 is 16.0 Å². The molecule has 0 atom stereocenters. The molecule has 0 aliphatic carbocycles. The van der Waals surface area contributed by atoms with Crippen LogP contribution in [0.3, 0.4) is 0 Å². The number of nitrogens with zero attached hydrogens (tertiary/aromatic N) is 2. The number of carbonyl (C=O) groups is 1. The number of anilines is 1. The summed E-state index contributed by atoms with van der Waals surface area (Å²) in [5.74, 6) is 0.821. The molecule has 0 bridgehead atoms. The highest BCUT2D eigenvalue weighted by Crippen LogP contribution is 2.14. The van der Waals surface area contributed by atoms with Gasteiger partial charge in [-0.05, 0) is 38.5 Å². The highest BCUT2D eigenvalue weighted by atomic mass is 16.2. The number of nitrogens with one attached hydrogen (secondary N) is 1. The number of carbonyl (C=O) groups excluding carboxylic acids is 1. The van der Waals surface area contributed by atoms with Crippen LogP contribution in [0.2, 0.25) is 0 Å². The minimum absolute atomic E-state index is 0.0111. The Morgan fingerprint density at radius 2 is 2.17 bits per heavy atom. The van der Waals surface area contributed by atoms with E-state index >= 15 is 0 Å². The van der Waals surface area contributed by atoms with Crippen molar-refractivity contribution in [1.82, 2.24) is 10.3 Å². The summed E-state index contributed by atoms with van der Waals surface area (Å²) < 4.78 is 0. The van der Waals surface area contributed by atoms with Crippen LogP contribution in [0, 0.1) is 6.92 Å². The molecule has 5 nitrogen and oxygen atoms in total. The number of nitrogens with two attached hydrogens (primary N) is 1. The SMILES string of the molecule is CCNC(=O)CN(CC)c1cc(CN)cc(C)n1. The third kappa shape index (κ3) is 4.00. The Bertz CT molecular complexity index is 406. The number of hydrogen-bond acceptors (Lipinski definition) is 4. The van der Waals surface area contributed by atoms with E-state index in [0.717, 1.165) is 23.6 Å². The summed E-state index contributed by atoms with van der Waals surface area (Å²) in [6.45, 7) is 8.03. The molecule has 0 aliphatic rings. The molecule has 0 aliphatic heterocycles. The Hall–Kier alpha value is -1.62. The fraction of sp³-hybridized carbons (Fsp3) is 0.538. The average molecular weight is 250 g/mol. The number of likely N-dealkylation sites (N-methyl/N-ethyl adjacent to an activating group) is 2. The van der Waals surface area contributed by atoms with Crippen molar-refractivity contribution < 1.29 is 4.79 Å². The van der Waals surface area contributed by atoms with E-state index in [4.69, 9.17) is 5.73 Å². The van der Waals surface area contributed by atoms with E-state index in [1.165, 1.54) is 0 Å². The van der Waals surface area contributed by atoms with Gasteiger partial charge in [0.15, 0.2) is 0 Å². The minimum Gasteiger partial charge on any atom is -0.355 e. The van der Waals surface area contributed by atoms with Crippen molar-refractivity contribution in [1.29, 1.82) is 0 Å². The molecule has 1 aromatic heterocycles. The highest BCUT2D eigenvalue weighted by molar-refractivity contribution is 5.80. The molecule has 100 valence electrons. The van der Waals surface area contributed by atoms with Crippen LogP contribution in [-0.2, 0) is 11.3 Å². The molecule has 3 N–H and O–H groups in total. The van der Waals surface area contributed by atoms with Crippen LogP contribution in [0.4, 0.5) is 5.82 Å². The van der Waals surface area contributed by atoms with Crippen LogP contribution in [0.25, 0.3) is 0 Å². The van der Waals surface area contributed by atoms with Crippen molar-refractivity contribution in [2.24, 2.45) is 5.73 Å². The van der Waals surface area contributed by atoms with Gasteiger partial charge in [-0.25, -0.2) is 4.98 Å². The van der Waals surface area contributed by atoms with Gasteiger partial charge in [0, 0.05) is 25.3 Å². The lowest BCUT2D eigenvalue weighted by Crippen LogP contribution is -2.37. The number of pyridine rings is 1. The molecule has 0 unspecified atom stereocenters. The van der Waals surface area contributed by atoms with E-state index in [1.807, 2.05) is 37.8 Å². The second-order valence-electron chi connectivity index (χ2n) is 4.15. The summed E-state index contributed by atoms with van der Waals surface area (Å²) in [6.07, 6.45) is 0. The summed E-state index contributed by atoms with van der Waals surface area (Å²) >= 11 is 0. The summed E-state index contributed by atoms with van der Waals surface area (Å²) in [5.41, 5.74) is 7.61. The largest absolute Gasteiger partial charge is 0.355 e. The van der Waals surface area contributed by atoms with Gasteiger partial charge in [0.2, 0.25) is 5.91 Å². The van der Waals surface area contributed by atoms with E-state index < -0.39 is 0 Å². The summed E-state index contributed by atoms with van der Waals surface area (Å²) in [6, 6.07) is 3.90. The first kappa shape index (κ1) is 14.4. The molecular weight excluding hydrogens is 228 g/mol. The van der Waals surface area contributed by atoms with Gasteiger partial charge in [-0.1, -0.05) is 0 Å². The monoisotopic (exact) mass is 250 g/mol. The molecule has 0 radical (unpaired) electrons. The number of aryl methyl sites for hydroxylation is 1. The van der Waals surface area contributed by atoms with Crippen molar-refractivity contribution in [3.63, 3.8) is 0 Å². The van der Waals surface area contributed by atoms with Gasteiger partial charge in [-0.15, -0.1) is 0 Å². The third-order valence-corrected chi connectivity index (χ3v) is 2.65.